The molecule has 1 heterocycles. The number of nitrogens with one attached hydrogen (secondary N) is 1. The van der Waals surface area contributed by atoms with Crippen molar-refractivity contribution in [3.63, 3.8) is 0 Å². The molecule has 110 valence electrons. The van der Waals surface area contributed by atoms with Crippen LogP contribution in [0.4, 0.5) is 5.69 Å². The molecule has 0 unspecified atom stereocenters. The fourth-order valence-electron chi connectivity index (χ4n) is 1.95. The summed E-state index contributed by atoms with van der Waals surface area (Å²) < 4.78 is 10.4. The van der Waals surface area contributed by atoms with E-state index in [9.17, 15) is 4.79 Å². The van der Waals surface area contributed by atoms with Crippen molar-refractivity contribution in [3.8, 4) is 11.5 Å². The minimum Gasteiger partial charge on any atom is -0.457 e. The van der Waals surface area contributed by atoms with Crippen molar-refractivity contribution < 1.29 is 14.1 Å². The van der Waals surface area contributed by atoms with Crippen LogP contribution in [-0.2, 0) is 0 Å². The fraction of sp³-hybridized carbons (Fsp3) is 0.0588. The highest BCUT2D eigenvalue weighted by Crippen LogP contribution is 2.23. The topological polar surface area (TPSA) is 64.4 Å². The molecule has 0 saturated carbocycles. The van der Waals surface area contributed by atoms with E-state index in [2.05, 4.69) is 15.0 Å². The van der Waals surface area contributed by atoms with Crippen LogP contribution in [0.25, 0.3) is 0 Å². The smallest absolute Gasteiger partial charge is 0.277 e. The van der Waals surface area contributed by atoms with E-state index >= 15 is 0 Å². The van der Waals surface area contributed by atoms with Crippen molar-refractivity contribution in [3.05, 3.63) is 72.1 Å². The third-order valence-corrected chi connectivity index (χ3v) is 3.01. The minimum atomic E-state index is -0.318. The Kier molecular flexibility index (Phi) is 3.87. The Morgan fingerprint density at radius 2 is 1.91 bits per heavy atom. The summed E-state index contributed by atoms with van der Waals surface area (Å²) in [5.74, 6) is 1.16. The van der Waals surface area contributed by atoms with Gasteiger partial charge in [0.25, 0.3) is 5.91 Å². The highest BCUT2D eigenvalue weighted by Gasteiger charge is 2.09. The molecule has 0 saturated heterocycles. The molecule has 0 spiro atoms. The maximum atomic E-state index is 11.8. The summed E-state index contributed by atoms with van der Waals surface area (Å²) in [6, 6.07) is 16.4. The Balaban J connectivity index is 1.66. The number of hydrogen-bond acceptors (Lipinski definition) is 4. The van der Waals surface area contributed by atoms with E-state index in [1.54, 1.807) is 24.3 Å². The van der Waals surface area contributed by atoms with E-state index in [0.29, 0.717) is 11.4 Å². The average molecular weight is 294 g/mol. The third-order valence-electron chi connectivity index (χ3n) is 3.01. The van der Waals surface area contributed by atoms with Crippen LogP contribution >= 0.6 is 0 Å². The summed E-state index contributed by atoms with van der Waals surface area (Å²) >= 11 is 0. The van der Waals surface area contributed by atoms with Crippen LogP contribution in [0, 0.1) is 6.92 Å². The third kappa shape index (κ3) is 3.32. The highest BCUT2D eigenvalue weighted by atomic mass is 16.5. The second kappa shape index (κ2) is 6.13. The van der Waals surface area contributed by atoms with Crippen LogP contribution in [0.2, 0.25) is 0 Å². The number of benzene rings is 2. The van der Waals surface area contributed by atoms with Gasteiger partial charge in [-0.1, -0.05) is 17.3 Å². The lowest BCUT2D eigenvalue weighted by atomic mass is 10.2. The van der Waals surface area contributed by atoms with Gasteiger partial charge in [-0.15, -0.1) is 0 Å². The molecule has 0 atom stereocenters. The standard InChI is InChI=1S/C17H14N2O3/c1-12-3-2-4-15(11-12)22-14-7-5-13(6-8-14)18-17(20)16-9-10-21-19-16/h2-11H,1H3,(H,18,20). The lowest BCUT2D eigenvalue weighted by Crippen LogP contribution is -2.11. The molecule has 0 aliphatic heterocycles. The van der Waals surface area contributed by atoms with Crippen LogP contribution in [0.1, 0.15) is 16.1 Å². The molecule has 3 aromatic rings. The zero-order valence-corrected chi connectivity index (χ0v) is 11.9. The van der Waals surface area contributed by atoms with Crippen molar-refractivity contribution in [2.24, 2.45) is 0 Å². The maximum absolute atomic E-state index is 11.8. The van der Waals surface area contributed by atoms with Gasteiger partial charge in [0.2, 0.25) is 0 Å². The second-order valence-electron chi connectivity index (χ2n) is 4.78. The Labute approximate surface area is 127 Å². The number of rotatable bonds is 4. The molecule has 22 heavy (non-hydrogen) atoms. The first-order chi connectivity index (χ1) is 10.7. The zero-order valence-electron chi connectivity index (χ0n) is 11.9. The average Bonchev–Trinajstić information content (AvgIpc) is 3.04. The molecule has 1 amide bonds. The van der Waals surface area contributed by atoms with Gasteiger partial charge < -0.3 is 14.6 Å². The number of ether oxygens (including phenoxy) is 1. The van der Waals surface area contributed by atoms with Gasteiger partial charge in [-0.3, -0.25) is 4.79 Å². The molecule has 1 N–H and O–H groups in total. The summed E-state index contributed by atoms with van der Waals surface area (Å²) in [6.07, 6.45) is 1.35. The molecule has 5 heteroatoms. The van der Waals surface area contributed by atoms with Crippen molar-refractivity contribution in [2.45, 2.75) is 6.92 Å². The quantitative estimate of drug-likeness (QED) is 0.789. The molecule has 3 rings (SSSR count). The van der Waals surface area contributed by atoms with Gasteiger partial charge >= 0.3 is 0 Å². The van der Waals surface area contributed by atoms with Crippen molar-refractivity contribution in [2.75, 3.05) is 5.32 Å². The Bertz CT molecular complexity index is 765. The molecular weight excluding hydrogens is 280 g/mol. The van der Waals surface area contributed by atoms with Crippen LogP contribution in [0.5, 0.6) is 11.5 Å². The molecule has 0 aliphatic rings. The SMILES string of the molecule is Cc1cccc(Oc2ccc(NC(=O)c3ccon3)cc2)c1. The number of amides is 1. The van der Waals surface area contributed by atoms with E-state index in [-0.39, 0.29) is 11.6 Å². The second-order valence-corrected chi connectivity index (χ2v) is 4.78. The van der Waals surface area contributed by atoms with Gasteiger partial charge in [0.05, 0.1) is 0 Å². The van der Waals surface area contributed by atoms with E-state index in [1.165, 1.54) is 12.3 Å². The van der Waals surface area contributed by atoms with Gasteiger partial charge in [0.15, 0.2) is 5.69 Å². The van der Waals surface area contributed by atoms with Gasteiger partial charge in [-0.2, -0.15) is 0 Å². The number of nitrogens with zero attached hydrogens (tertiary/aromatic N) is 1. The molecule has 5 nitrogen and oxygen atoms in total. The minimum absolute atomic E-state index is 0.236. The summed E-state index contributed by atoms with van der Waals surface area (Å²) in [5.41, 5.74) is 2.03. The number of carbonyl (C=O) groups is 1. The molecule has 0 bridgehead atoms. The van der Waals surface area contributed by atoms with Crippen LogP contribution in [-0.4, -0.2) is 11.1 Å². The van der Waals surface area contributed by atoms with Gasteiger partial charge in [0.1, 0.15) is 17.8 Å². The monoisotopic (exact) mass is 294 g/mol. The number of anilines is 1. The number of aryl methyl sites for hydroxylation is 1. The van der Waals surface area contributed by atoms with E-state index < -0.39 is 0 Å². The molecule has 1 aromatic heterocycles. The van der Waals surface area contributed by atoms with Crippen molar-refractivity contribution in [1.29, 1.82) is 0 Å². The normalized spacial score (nSPS) is 10.2. The van der Waals surface area contributed by atoms with Crippen LogP contribution < -0.4 is 10.1 Å². The van der Waals surface area contributed by atoms with E-state index in [0.717, 1.165) is 11.3 Å². The molecule has 0 aliphatic carbocycles. The first kappa shape index (κ1) is 13.9. The fourth-order valence-corrected chi connectivity index (χ4v) is 1.95. The summed E-state index contributed by atoms with van der Waals surface area (Å²) in [5, 5.41) is 6.31. The first-order valence-corrected chi connectivity index (χ1v) is 6.77. The molecule has 0 radical (unpaired) electrons. The number of aromatic nitrogens is 1. The largest absolute Gasteiger partial charge is 0.457 e. The van der Waals surface area contributed by atoms with Gasteiger partial charge in [0, 0.05) is 11.8 Å². The van der Waals surface area contributed by atoms with Gasteiger partial charge in [-0.05, 0) is 48.9 Å². The number of hydrogen-bond donors (Lipinski definition) is 1. The van der Waals surface area contributed by atoms with Crippen molar-refractivity contribution >= 4 is 11.6 Å². The van der Waals surface area contributed by atoms with Crippen LogP contribution in [0.3, 0.4) is 0 Å². The van der Waals surface area contributed by atoms with E-state index in [1.807, 2.05) is 31.2 Å². The van der Waals surface area contributed by atoms with E-state index in [4.69, 9.17) is 4.74 Å². The predicted molar refractivity (Wildman–Crippen MR) is 82.2 cm³/mol. The lowest BCUT2D eigenvalue weighted by Gasteiger charge is -2.08. The van der Waals surface area contributed by atoms with Crippen molar-refractivity contribution in [1.82, 2.24) is 5.16 Å². The van der Waals surface area contributed by atoms with Gasteiger partial charge in [-0.25, -0.2) is 0 Å². The maximum Gasteiger partial charge on any atom is 0.277 e. The Morgan fingerprint density at radius 3 is 2.59 bits per heavy atom. The van der Waals surface area contributed by atoms with Crippen LogP contribution in [0.15, 0.2) is 65.4 Å². The summed E-state index contributed by atoms with van der Waals surface area (Å²) in [7, 11) is 0. The summed E-state index contributed by atoms with van der Waals surface area (Å²) in [4.78, 5) is 11.8. The molecular formula is C17H14N2O3. The zero-order chi connectivity index (χ0) is 15.4. The summed E-state index contributed by atoms with van der Waals surface area (Å²) in [6.45, 7) is 2.01. The first-order valence-electron chi connectivity index (χ1n) is 6.77. The molecule has 2 aromatic carbocycles. The highest BCUT2D eigenvalue weighted by molar-refractivity contribution is 6.02. The predicted octanol–water partition coefficient (Wildman–Crippen LogP) is 4.03. The number of carbonyl (C=O) groups excluding carboxylic acids is 1. The Hall–Kier alpha value is -3.08. The Morgan fingerprint density at radius 1 is 1.09 bits per heavy atom. The molecule has 0 fully saturated rings. The lowest BCUT2D eigenvalue weighted by molar-refractivity contribution is 0.101.